The number of Topliss-reactive ketones (excluding diaryl/α,β-unsaturated/α-hetero) is 1. The summed E-state index contributed by atoms with van der Waals surface area (Å²) >= 11 is 0. The number of nitrogens with zero attached hydrogens (tertiary/aromatic N) is 1. The summed E-state index contributed by atoms with van der Waals surface area (Å²) < 4.78 is 13.7. The third kappa shape index (κ3) is 3.22. The van der Waals surface area contributed by atoms with Crippen LogP contribution in [0.25, 0.3) is 27.4 Å². The summed E-state index contributed by atoms with van der Waals surface area (Å²) in [6, 6.07) is 25.0. The number of para-hydroxylation sites is 1. The number of anilines is 1. The van der Waals surface area contributed by atoms with Gasteiger partial charge in [0.1, 0.15) is 11.6 Å². The van der Waals surface area contributed by atoms with Crippen LogP contribution in [0.3, 0.4) is 0 Å². The molecule has 35 heavy (non-hydrogen) atoms. The Bertz CT molecular complexity index is 1660. The van der Waals surface area contributed by atoms with Crippen molar-refractivity contribution in [3.8, 4) is 0 Å². The van der Waals surface area contributed by atoms with Gasteiger partial charge in [0, 0.05) is 33.9 Å². The summed E-state index contributed by atoms with van der Waals surface area (Å²) in [7, 11) is 0. The normalized spacial score (nSPS) is 17.5. The molecule has 5 aromatic rings. The van der Waals surface area contributed by atoms with Crippen molar-refractivity contribution in [3.05, 3.63) is 120 Å². The minimum atomic E-state index is -0.907. The number of hydrogen-bond acceptors (Lipinski definition) is 3. The van der Waals surface area contributed by atoms with Gasteiger partial charge in [0.15, 0.2) is 0 Å². The fourth-order valence-corrected chi connectivity index (χ4v) is 4.89. The minimum absolute atomic E-state index is 0.0135. The van der Waals surface area contributed by atoms with Crippen LogP contribution in [0.2, 0.25) is 0 Å². The number of halogens is 1. The van der Waals surface area contributed by atoms with Crippen molar-refractivity contribution in [1.82, 2.24) is 4.98 Å². The van der Waals surface area contributed by atoms with Gasteiger partial charge in [0.05, 0.1) is 11.6 Å². The van der Waals surface area contributed by atoms with Gasteiger partial charge in [-0.1, -0.05) is 60.7 Å². The van der Waals surface area contributed by atoms with Gasteiger partial charge in [-0.3, -0.25) is 14.5 Å². The number of ketones is 1. The molecular weight excluding hydrogens is 443 g/mol. The molecule has 0 saturated carbocycles. The third-order valence-corrected chi connectivity index (χ3v) is 6.51. The summed E-state index contributed by atoms with van der Waals surface area (Å²) in [6.07, 6.45) is 1.74. The van der Waals surface area contributed by atoms with Crippen molar-refractivity contribution in [1.29, 1.82) is 0 Å². The average Bonchev–Trinajstić information content (AvgIpc) is 3.42. The molecule has 6 rings (SSSR count). The molecule has 0 aliphatic carbocycles. The average molecular weight is 462 g/mol. The van der Waals surface area contributed by atoms with E-state index in [0.717, 1.165) is 21.7 Å². The van der Waals surface area contributed by atoms with Crippen LogP contribution in [0.4, 0.5) is 10.1 Å². The third-order valence-electron chi connectivity index (χ3n) is 6.51. The number of H-pyrrole nitrogens is 1. The molecule has 1 atom stereocenters. The van der Waals surface area contributed by atoms with Crippen molar-refractivity contribution < 1.29 is 19.1 Å². The molecule has 2 N–H and O–H groups in total. The number of aromatic nitrogens is 1. The molecule has 1 fully saturated rings. The zero-order chi connectivity index (χ0) is 24.1. The Labute approximate surface area is 199 Å². The quantitative estimate of drug-likeness (QED) is 0.194. The molecule has 6 heteroatoms. The van der Waals surface area contributed by atoms with Crippen LogP contribution in [0.1, 0.15) is 17.2 Å². The summed E-state index contributed by atoms with van der Waals surface area (Å²) in [6.45, 7) is 0. The summed E-state index contributed by atoms with van der Waals surface area (Å²) in [5.74, 6) is -2.28. The van der Waals surface area contributed by atoms with Gasteiger partial charge in [-0.15, -0.1) is 0 Å². The van der Waals surface area contributed by atoms with E-state index in [0.29, 0.717) is 16.8 Å². The van der Waals surface area contributed by atoms with E-state index in [-0.39, 0.29) is 11.3 Å². The highest BCUT2D eigenvalue weighted by Gasteiger charge is 2.47. The van der Waals surface area contributed by atoms with E-state index >= 15 is 0 Å². The van der Waals surface area contributed by atoms with E-state index in [2.05, 4.69) is 4.98 Å². The summed E-state index contributed by atoms with van der Waals surface area (Å²) in [5, 5.41) is 14.0. The number of nitrogens with one attached hydrogen (secondary N) is 1. The summed E-state index contributed by atoms with van der Waals surface area (Å²) in [4.78, 5) is 31.3. The zero-order valence-corrected chi connectivity index (χ0v) is 18.4. The van der Waals surface area contributed by atoms with Crippen molar-refractivity contribution in [3.63, 3.8) is 0 Å². The largest absolute Gasteiger partial charge is 0.507 e. The second kappa shape index (κ2) is 7.95. The highest BCUT2D eigenvalue weighted by atomic mass is 19.1. The predicted octanol–water partition coefficient (Wildman–Crippen LogP) is 6.09. The van der Waals surface area contributed by atoms with Crippen LogP contribution < -0.4 is 4.90 Å². The predicted molar refractivity (Wildman–Crippen MR) is 133 cm³/mol. The number of fused-ring (bicyclic) bond motifs is 2. The van der Waals surface area contributed by atoms with Crippen LogP contribution >= 0.6 is 0 Å². The first-order valence-electron chi connectivity index (χ1n) is 11.2. The number of rotatable bonds is 3. The SMILES string of the molecule is O=C1C(=O)N(c2ccc(F)cc2)C(c2c[nH]c3ccccc23)/C1=C(\O)c1cccc2ccccc12. The molecule has 1 aliphatic rings. The van der Waals surface area contributed by atoms with E-state index in [1.165, 1.54) is 29.2 Å². The van der Waals surface area contributed by atoms with Crippen molar-refractivity contribution in [2.24, 2.45) is 0 Å². The molecule has 0 spiro atoms. The van der Waals surface area contributed by atoms with Gasteiger partial charge in [0.25, 0.3) is 11.7 Å². The number of aromatic amines is 1. The van der Waals surface area contributed by atoms with Crippen LogP contribution in [-0.2, 0) is 9.59 Å². The molecule has 5 nitrogen and oxygen atoms in total. The Morgan fingerprint density at radius 3 is 2.31 bits per heavy atom. The number of carbonyl (C=O) groups is 2. The molecule has 0 bridgehead atoms. The van der Waals surface area contributed by atoms with Gasteiger partial charge in [-0.2, -0.15) is 0 Å². The molecular formula is C29H19FN2O3. The monoisotopic (exact) mass is 462 g/mol. The lowest BCUT2D eigenvalue weighted by Gasteiger charge is -2.25. The topological polar surface area (TPSA) is 73.4 Å². The Morgan fingerprint density at radius 1 is 0.829 bits per heavy atom. The maximum atomic E-state index is 13.7. The second-order valence-electron chi connectivity index (χ2n) is 8.46. The lowest BCUT2D eigenvalue weighted by molar-refractivity contribution is -0.132. The molecule has 1 unspecified atom stereocenters. The molecule has 0 radical (unpaired) electrons. The highest BCUT2D eigenvalue weighted by molar-refractivity contribution is 6.52. The van der Waals surface area contributed by atoms with Crippen molar-refractivity contribution >= 4 is 44.8 Å². The van der Waals surface area contributed by atoms with Gasteiger partial charge >= 0.3 is 0 Å². The fourth-order valence-electron chi connectivity index (χ4n) is 4.89. The Balaban J connectivity index is 1.65. The minimum Gasteiger partial charge on any atom is -0.507 e. The van der Waals surface area contributed by atoms with Gasteiger partial charge in [-0.05, 0) is 41.1 Å². The molecule has 1 aliphatic heterocycles. The molecule has 1 saturated heterocycles. The van der Waals surface area contributed by atoms with Gasteiger partial charge in [0.2, 0.25) is 0 Å². The molecule has 1 aromatic heterocycles. The molecule has 2 heterocycles. The van der Waals surface area contributed by atoms with E-state index < -0.39 is 23.5 Å². The standard InChI is InChI=1S/C29H19FN2O3/c30-18-12-14-19(15-13-18)32-26(23-16-31-24-11-4-3-9-21(23)24)25(28(34)29(32)35)27(33)22-10-5-7-17-6-1-2-8-20(17)22/h1-16,26,31,33H/b27-25+. The Morgan fingerprint density at radius 2 is 1.51 bits per heavy atom. The van der Waals surface area contributed by atoms with E-state index in [9.17, 15) is 19.1 Å². The number of aliphatic hydroxyl groups excluding tert-OH is 1. The Hall–Kier alpha value is -4.71. The van der Waals surface area contributed by atoms with E-state index in [4.69, 9.17) is 0 Å². The number of benzene rings is 4. The number of hydrogen-bond donors (Lipinski definition) is 2. The van der Waals surface area contributed by atoms with Gasteiger partial charge < -0.3 is 10.1 Å². The van der Waals surface area contributed by atoms with Crippen LogP contribution in [-0.4, -0.2) is 21.8 Å². The zero-order valence-electron chi connectivity index (χ0n) is 18.4. The fraction of sp³-hybridized carbons (Fsp3) is 0.0345. The van der Waals surface area contributed by atoms with Crippen LogP contribution in [0, 0.1) is 5.82 Å². The first-order chi connectivity index (χ1) is 17.0. The van der Waals surface area contributed by atoms with E-state index in [1.54, 1.807) is 18.3 Å². The molecule has 170 valence electrons. The van der Waals surface area contributed by atoms with Gasteiger partial charge in [-0.25, -0.2) is 4.39 Å². The Kier molecular flexibility index (Phi) is 4.74. The second-order valence-corrected chi connectivity index (χ2v) is 8.46. The van der Waals surface area contributed by atoms with Crippen LogP contribution in [0.5, 0.6) is 0 Å². The first-order valence-corrected chi connectivity index (χ1v) is 11.2. The number of carbonyl (C=O) groups excluding carboxylic acids is 2. The van der Waals surface area contributed by atoms with Crippen molar-refractivity contribution in [2.45, 2.75) is 6.04 Å². The first kappa shape index (κ1) is 20.9. The summed E-state index contributed by atoms with van der Waals surface area (Å²) in [5.41, 5.74) is 2.30. The number of amides is 1. The molecule has 1 amide bonds. The highest BCUT2D eigenvalue weighted by Crippen LogP contribution is 2.44. The smallest absolute Gasteiger partial charge is 0.300 e. The maximum absolute atomic E-state index is 13.7. The van der Waals surface area contributed by atoms with E-state index in [1.807, 2.05) is 54.6 Å². The lowest BCUT2D eigenvalue weighted by Crippen LogP contribution is -2.29. The van der Waals surface area contributed by atoms with Crippen LogP contribution in [0.15, 0.2) is 103 Å². The maximum Gasteiger partial charge on any atom is 0.300 e. The number of aliphatic hydroxyl groups is 1. The molecule has 4 aromatic carbocycles. The lowest BCUT2D eigenvalue weighted by atomic mass is 9.93. The van der Waals surface area contributed by atoms with Crippen molar-refractivity contribution in [2.75, 3.05) is 4.90 Å².